The number of anilines is 1. The fraction of sp³-hybridized carbons (Fsp3) is 0.0714. The van der Waals surface area contributed by atoms with Gasteiger partial charge in [0.25, 0.3) is 0 Å². The molecule has 21 heavy (non-hydrogen) atoms. The summed E-state index contributed by atoms with van der Waals surface area (Å²) in [5.41, 5.74) is 8.17. The second kappa shape index (κ2) is 4.96. The van der Waals surface area contributed by atoms with E-state index in [4.69, 9.17) is 17.3 Å². The van der Waals surface area contributed by atoms with Crippen molar-refractivity contribution < 1.29 is 8.78 Å². The van der Waals surface area contributed by atoms with Crippen LogP contribution in [0, 0.1) is 18.6 Å². The van der Waals surface area contributed by atoms with Crippen molar-refractivity contribution in [2.24, 2.45) is 0 Å². The van der Waals surface area contributed by atoms with Crippen molar-refractivity contribution in [3.63, 3.8) is 0 Å². The van der Waals surface area contributed by atoms with Gasteiger partial charge in [0, 0.05) is 6.07 Å². The van der Waals surface area contributed by atoms with Crippen molar-refractivity contribution in [2.75, 3.05) is 5.73 Å². The topological polar surface area (TPSA) is 43.8 Å². The average molecular weight is 373 g/mol. The van der Waals surface area contributed by atoms with Crippen molar-refractivity contribution in [1.82, 2.24) is 9.55 Å². The number of aromatic nitrogens is 2. The van der Waals surface area contributed by atoms with E-state index in [2.05, 4.69) is 20.9 Å². The van der Waals surface area contributed by atoms with Crippen LogP contribution in [-0.2, 0) is 0 Å². The highest BCUT2D eigenvalue weighted by atomic mass is 79.9. The molecule has 1 aromatic heterocycles. The molecule has 0 saturated heterocycles. The predicted octanol–water partition coefficient (Wildman–Crippen LogP) is 4.61. The highest BCUT2D eigenvalue weighted by molar-refractivity contribution is 9.10. The number of halogens is 4. The van der Waals surface area contributed by atoms with Gasteiger partial charge in [-0.15, -0.1) is 0 Å². The largest absolute Gasteiger partial charge is 0.369 e. The van der Waals surface area contributed by atoms with E-state index in [0.717, 1.165) is 0 Å². The Labute approximate surface area is 132 Å². The van der Waals surface area contributed by atoms with Gasteiger partial charge in [-0.25, -0.2) is 13.8 Å². The average Bonchev–Trinajstić information content (AvgIpc) is 2.70. The number of nitrogens with two attached hydrogens (primary N) is 1. The number of nitrogens with zero attached hydrogens (tertiary/aromatic N) is 2. The molecule has 0 atom stereocenters. The highest BCUT2D eigenvalue weighted by Crippen LogP contribution is 2.31. The molecule has 7 heteroatoms. The summed E-state index contributed by atoms with van der Waals surface area (Å²) in [5.74, 6) is -0.762. The molecule has 0 fully saturated rings. The second-order valence-corrected chi connectivity index (χ2v) is 5.87. The summed E-state index contributed by atoms with van der Waals surface area (Å²) >= 11 is 8.97. The van der Waals surface area contributed by atoms with Crippen LogP contribution in [0.2, 0.25) is 5.02 Å². The summed E-state index contributed by atoms with van der Waals surface area (Å²) in [6, 6.07) is 5.65. The number of rotatable bonds is 1. The maximum atomic E-state index is 13.6. The smallest absolute Gasteiger partial charge is 0.205 e. The maximum Gasteiger partial charge on any atom is 0.205 e. The molecule has 0 amide bonds. The molecular formula is C14H9BrClF2N3. The summed E-state index contributed by atoms with van der Waals surface area (Å²) < 4.78 is 29.0. The number of aryl methyl sites for hydroxylation is 1. The third kappa shape index (κ3) is 2.28. The molecule has 0 spiro atoms. The van der Waals surface area contributed by atoms with Gasteiger partial charge in [0.1, 0.15) is 11.6 Å². The first-order valence-corrected chi connectivity index (χ1v) is 7.14. The highest BCUT2D eigenvalue weighted by Gasteiger charge is 2.16. The number of nitrogen functional groups attached to an aromatic ring is 1. The molecule has 0 aliphatic carbocycles. The lowest BCUT2D eigenvalue weighted by atomic mass is 10.2. The normalized spacial score (nSPS) is 11.3. The van der Waals surface area contributed by atoms with Gasteiger partial charge < -0.3 is 5.73 Å². The van der Waals surface area contributed by atoms with Gasteiger partial charge in [-0.3, -0.25) is 4.57 Å². The van der Waals surface area contributed by atoms with Crippen LogP contribution in [0.25, 0.3) is 16.7 Å². The van der Waals surface area contributed by atoms with E-state index in [1.807, 2.05) is 0 Å². The minimum Gasteiger partial charge on any atom is -0.369 e. The van der Waals surface area contributed by atoms with Crippen LogP contribution in [0.3, 0.4) is 0 Å². The standard InChI is InChI=1S/C14H9BrClF2N3/c1-6-2-9(17)7(15)3-12(6)21-13-4-8(16)10(18)5-11(13)20-14(21)19/h2-5H,1H3,(H2,19,20). The molecule has 0 saturated carbocycles. The zero-order valence-electron chi connectivity index (χ0n) is 10.8. The van der Waals surface area contributed by atoms with Crippen LogP contribution in [-0.4, -0.2) is 9.55 Å². The van der Waals surface area contributed by atoms with Crippen LogP contribution >= 0.6 is 27.5 Å². The molecule has 2 aromatic carbocycles. The number of benzene rings is 2. The first-order valence-electron chi connectivity index (χ1n) is 5.97. The molecule has 0 radical (unpaired) electrons. The molecule has 0 aliphatic heterocycles. The Morgan fingerprint density at radius 1 is 1.19 bits per heavy atom. The molecular weight excluding hydrogens is 364 g/mol. The van der Waals surface area contributed by atoms with Crippen molar-refractivity contribution in [3.05, 3.63) is 51.0 Å². The van der Waals surface area contributed by atoms with Crippen molar-refractivity contribution in [2.45, 2.75) is 6.92 Å². The lowest BCUT2D eigenvalue weighted by molar-refractivity contribution is 0.619. The summed E-state index contributed by atoms with van der Waals surface area (Å²) in [6.45, 7) is 1.75. The van der Waals surface area contributed by atoms with Gasteiger partial charge in [-0.1, -0.05) is 11.6 Å². The number of imidazole rings is 1. The van der Waals surface area contributed by atoms with E-state index in [1.165, 1.54) is 18.2 Å². The van der Waals surface area contributed by atoms with Gasteiger partial charge in [-0.2, -0.15) is 0 Å². The fourth-order valence-electron chi connectivity index (χ4n) is 2.22. The first kappa shape index (κ1) is 14.3. The monoisotopic (exact) mass is 371 g/mol. The lowest BCUT2D eigenvalue weighted by Gasteiger charge is -2.11. The molecule has 0 aliphatic rings. The quantitative estimate of drug-likeness (QED) is 0.678. The molecule has 3 aromatic rings. The minimum absolute atomic E-state index is 0.0255. The second-order valence-electron chi connectivity index (χ2n) is 4.61. The van der Waals surface area contributed by atoms with Crippen molar-refractivity contribution >= 4 is 44.5 Å². The van der Waals surface area contributed by atoms with E-state index in [-0.39, 0.29) is 16.8 Å². The summed E-state index contributed by atoms with van der Waals surface area (Å²) in [7, 11) is 0. The molecule has 0 bridgehead atoms. The Kier molecular flexibility index (Phi) is 3.37. The fourth-order valence-corrected chi connectivity index (χ4v) is 2.71. The van der Waals surface area contributed by atoms with Gasteiger partial charge in [0.15, 0.2) is 0 Å². The molecule has 108 valence electrons. The summed E-state index contributed by atoms with van der Waals surface area (Å²) in [5, 5.41) is -0.0255. The van der Waals surface area contributed by atoms with Crippen molar-refractivity contribution in [3.8, 4) is 5.69 Å². The first-order chi connectivity index (χ1) is 9.88. The van der Waals surface area contributed by atoms with E-state index in [9.17, 15) is 8.78 Å². The van der Waals surface area contributed by atoms with Gasteiger partial charge in [0.2, 0.25) is 5.95 Å². The van der Waals surface area contributed by atoms with E-state index in [0.29, 0.717) is 26.8 Å². The number of hydrogen-bond donors (Lipinski definition) is 1. The molecule has 3 nitrogen and oxygen atoms in total. The van der Waals surface area contributed by atoms with E-state index >= 15 is 0 Å². The van der Waals surface area contributed by atoms with Crippen molar-refractivity contribution in [1.29, 1.82) is 0 Å². The van der Waals surface area contributed by atoms with Crippen LogP contribution in [0.1, 0.15) is 5.56 Å². The SMILES string of the molecule is Cc1cc(F)c(Br)cc1-n1c(N)nc2cc(F)c(Cl)cc21. The summed E-state index contributed by atoms with van der Waals surface area (Å²) in [4.78, 5) is 4.12. The molecule has 2 N–H and O–H groups in total. The Morgan fingerprint density at radius 2 is 1.90 bits per heavy atom. The lowest BCUT2D eigenvalue weighted by Crippen LogP contribution is -2.03. The molecule has 1 heterocycles. The van der Waals surface area contributed by atoms with Gasteiger partial charge in [-0.05, 0) is 46.6 Å². The maximum absolute atomic E-state index is 13.6. The van der Waals surface area contributed by atoms with E-state index < -0.39 is 5.82 Å². The Bertz CT molecular complexity index is 877. The number of hydrogen-bond acceptors (Lipinski definition) is 2. The van der Waals surface area contributed by atoms with Crippen LogP contribution < -0.4 is 5.73 Å². The van der Waals surface area contributed by atoms with Crippen LogP contribution in [0.15, 0.2) is 28.7 Å². The minimum atomic E-state index is -0.564. The zero-order chi connectivity index (χ0) is 15.3. The summed E-state index contributed by atoms with van der Waals surface area (Å²) in [6.07, 6.45) is 0. The zero-order valence-corrected chi connectivity index (χ0v) is 13.1. The van der Waals surface area contributed by atoms with Crippen LogP contribution in [0.4, 0.5) is 14.7 Å². The Hall–Kier alpha value is -1.66. The van der Waals surface area contributed by atoms with E-state index in [1.54, 1.807) is 17.6 Å². The third-order valence-electron chi connectivity index (χ3n) is 3.20. The van der Waals surface area contributed by atoms with Gasteiger partial charge in [0.05, 0.1) is 26.2 Å². The Balaban J connectivity index is 2.37. The van der Waals surface area contributed by atoms with Gasteiger partial charge >= 0.3 is 0 Å². The third-order valence-corrected chi connectivity index (χ3v) is 4.10. The molecule has 0 unspecified atom stereocenters. The Morgan fingerprint density at radius 3 is 2.62 bits per heavy atom. The number of fused-ring (bicyclic) bond motifs is 1. The molecule has 3 rings (SSSR count). The predicted molar refractivity (Wildman–Crippen MR) is 82.8 cm³/mol. The van der Waals surface area contributed by atoms with Crippen LogP contribution in [0.5, 0.6) is 0 Å².